The van der Waals surface area contributed by atoms with Crippen LogP contribution in [0.3, 0.4) is 0 Å². The zero-order chi connectivity index (χ0) is 17.3. The van der Waals surface area contributed by atoms with Crippen molar-refractivity contribution in [2.24, 2.45) is 0 Å². The number of hydrogen-bond donors (Lipinski definition) is 1. The quantitative estimate of drug-likeness (QED) is 0.851. The summed E-state index contributed by atoms with van der Waals surface area (Å²) in [7, 11) is 0. The molecule has 1 N–H and O–H groups in total. The predicted octanol–water partition coefficient (Wildman–Crippen LogP) is 4.88. The van der Waals surface area contributed by atoms with Crippen LogP contribution in [-0.2, 0) is 6.54 Å². The number of amides is 2. The van der Waals surface area contributed by atoms with Gasteiger partial charge in [0.1, 0.15) is 5.76 Å². The van der Waals surface area contributed by atoms with Crippen LogP contribution in [0.5, 0.6) is 0 Å². The number of urea groups is 1. The van der Waals surface area contributed by atoms with Gasteiger partial charge in [0.15, 0.2) is 0 Å². The average Bonchev–Trinajstić information content (AvgIpc) is 2.90. The summed E-state index contributed by atoms with van der Waals surface area (Å²) in [6, 6.07) is 6.43. The Hall–Kier alpha value is -2.30. The summed E-state index contributed by atoms with van der Waals surface area (Å²) in [5.74, 6) is 0.796. The molecule has 0 saturated heterocycles. The number of fused-ring (bicyclic) bond motifs is 1. The third-order valence-corrected chi connectivity index (χ3v) is 4.78. The van der Waals surface area contributed by atoms with E-state index in [-0.39, 0.29) is 12.1 Å². The number of hydrogen-bond acceptors (Lipinski definition) is 3. The molecule has 0 radical (unpaired) electrons. The molecule has 1 atom stereocenters. The van der Waals surface area contributed by atoms with E-state index in [2.05, 4.69) is 36.5 Å². The summed E-state index contributed by atoms with van der Waals surface area (Å²) in [6.07, 6.45) is 3.33. The molecule has 0 saturated carbocycles. The van der Waals surface area contributed by atoms with Crippen LogP contribution in [0.4, 0.5) is 10.5 Å². The van der Waals surface area contributed by atoms with Gasteiger partial charge in [-0.15, -0.1) is 0 Å². The van der Waals surface area contributed by atoms with Gasteiger partial charge in [-0.2, -0.15) is 0 Å². The minimum Gasteiger partial charge on any atom is -0.361 e. The number of aryl methyl sites for hydroxylation is 2. The molecule has 5 nitrogen and oxygen atoms in total. The minimum absolute atomic E-state index is 0.0120. The topological polar surface area (TPSA) is 58.4 Å². The van der Waals surface area contributed by atoms with E-state index in [0.29, 0.717) is 6.54 Å². The third-order valence-electron chi connectivity index (χ3n) is 4.78. The van der Waals surface area contributed by atoms with Crippen LogP contribution in [-0.4, -0.2) is 22.1 Å². The summed E-state index contributed by atoms with van der Waals surface area (Å²) >= 11 is 0. The molecule has 2 aromatic rings. The standard InChI is InChI=1S/C19H25N3O2/c1-5-6-7-12(2)22-11-16-9-8-15(10-17(16)20-19(22)23)18-13(3)21-24-14(18)4/h8-10,12H,5-7,11H2,1-4H3,(H,20,23). The van der Waals surface area contributed by atoms with Gasteiger partial charge in [0.2, 0.25) is 0 Å². The van der Waals surface area contributed by atoms with Crippen molar-refractivity contribution in [3.8, 4) is 11.1 Å². The molecular formula is C19H25N3O2. The van der Waals surface area contributed by atoms with Crippen molar-refractivity contribution in [2.75, 3.05) is 5.32 Å². The van der Waals surface area contributed by atoms with E-state index in [4.69, 9.17) is 4.52 Å². The van der Waals surface area contributed by atoms with Crippen LogP contribution < -0.4 is 5.32 Å². The van der Waals surface area contributed by atoms with Crippen LogP contribution in [0.25, 0.3) is 11.1 Å². The number of benzene rings is 1. The monoisotopic (exact) mass is 327 g/mol. The van der Waals surface area contributed by atoms with Crippen LogP contribution in [0.2, 0.25) is 0 Å². The Morgan fingerprint density at radius 2 is 2.17 bits per heavy atom. The number of aromatic nitrogens is 1. The number of nitrogens with one attached hydrogen (secondary N) is 1. The number of anilines is 1. The van der Waals surface area contributed by atoms with E-state index in [0.717, 1.165) is 53.1 Å². The molecule has 1 aromatic carbocycles. The first-order valence-corrected chi connectivity index (χ1v) is 8.65. The summed E-state index contributed by atoms with van der Waals surface area (Å²) in [5.41, 5.74) is 4.93. The molecule has 1 aliphatic rings. The van der Waals surface area contributed by atoms with Crippen LogP contribution >= 0.6 is 0 Å². The van der Waals surface area contributed by atoms with Crippen LogP contribution in [0.1, 0.15) is 50.1 Å². The number of nitrogens with zero attached hydrogens (tertiary/aromatic N) is 2. The van der Waals surface area contributed by atoms with Crippen molar-refractivity contribution in [1.29, 1.82) is 0 Å². The van der Waals surface area contributed by atoms with Crippen molar-refractivity contribution in [1.82, 2.24) is 10.1 Å². The van der Waals surface area contributed by atoms with E-state index >= 15 is 0 Å². The molecule has 3 rings (SSSR count). The van der Waals surface area contributed by atoms with Gasteiger partial charge in [0.05, 0.1) is 5.69 Å². The Labute approximate surface area is 143 Å². The van der Waals surface area contributed by atoms with E-state index in [1.165, 1.54) is 0 Å². The van der Waals surface area contributed by atoms with Crippen molar-refractivity contribution in [2.45, 2.75) is 59.5 Å². The van der Waals surface area contributed by atoms with Gasteiger partial charge in [0.25, 0.3) is 0 Å². The van der Waals surface area contributed by atoms with Crippen molar-refractivity contribution in [3.63, 3.8) is 0 Å². The molecule has 1 aliphatic heterocycles. The lowest BCUT2D eigenvalue weighted by Crippen LogP contribution is -2.44. The van der Waals surface area contributed by atoms with Gasteiger partial charge in [-0.25, -0.2) is 4.79 Å². The fourth-order valence-electron chi connectivity index (χ4n) is 3.34. The fraction of sp³-hybridized carbons (Fsp3) is 0.474. The van der Waals surface area contributed by atoms with Gasteiger partial charge in [-0.3, -0.25) is 0 Å². The van der Waals surface area contributed by atoms with Crippen molar-refractivity contribution >= 4 is 11.7 Å². The lowest BCUT2D eigenvalue weighted by molar-refractivity contribution is 0.181. The molecule has 128 valence electrons. The van der Waals surface area contributed by atoms with Gasteiger partial charge in [-0.1, -0.05) is 37.1 Å². The predicted molar refractivity (Wildman–Crippen MR) is 95.0 cm³/mol. The summed E-state index contributed by atoms with van der Waals surface area (Å²) in [5, 5.41) is 7.06. The maximum atomic E-state index is 12.5. The molecule has 5 heteroatoms. The second kappa shape index (κ2) is 6.67. The van der Waals surface area contributed by atoms with Gasteiger partial charge in [-0.05, 0) is 44.4 Å². The molecule has 0 aliphatic carbocycles. The Balaban J connectivity index is 1.86. The Morgan fingerprint density at radius 3 is 2.83 bits per heavy atom. The SMILES string of the molecule is CCCCC(C)N1Cc2ccc(-c3c(C)noc3C)cc2NC1=O. The second-order valence-corrected chi connectivity index (χ2v) is 6.62. The lowest BCUT2D eigenvalue weighted by Gasteiger charge is -2.34. The number of carbonyl (C=O) groups is 1. The number of carbonyl (C=O) groups excluding carboxylic acids is 1. The van der Waals surface area contributed by atoms with Crippen LogP contribution in [0.15, 0.2) is 22.7 Å². The van der Waals surface area contributed by atoms with E-state index in [1.807, 2.05) is 24.8 Å². The average molecular weight is 327 g/mol. The summed E-state index contributed by atoms with van der Waals surface area (Å²) in [6.45, 7) is 8.80. The van der Waals surface area contributed by atoms with Crippen molar-refractivity contribution < 1.29 is 9.32 Å². The smallest absolute Gasteiger partial charge is 0.322 e. The first kappa shape index (κ1) is 16.6. The Kier molecular flexibility index (Phi) is 4.60. The molecule has 2 amide bonds. The first-order chi connectivity index (χ1) is 11.5. The van der Waals surface area contributed by atoms with Gasteiger partial charge in [0, 0.05) is 23.8 Å². The highest BCUT2D eigenvalue weighted by Gasteiger charge is 2.26. The fourth-order valence-corrected chi connectivity index (χ4v) is 3.34. The normalized spacial score (nSPS) is 15.2. The second-order valence-electron chi connectivity index (χ2n) is 6.62. The van der Waals surface area contributed by atoms with E-state index in [1.54, 1.807) is 0 Å². The van der Waals surface area contributed by atoms with E-state index < -0.39 is 0 Å². The van der Waals surface area contributed by atoms with Gasteiger partial charge < -0.3 is 14.7 Å². The zero-order valence-corrected chi connectivity index (χ0v) is 14.8. The summed E-state index contributed by atoms with van der Waals surface area (Å²) in [4.78, 5) is 14.4. The Morgan fingerprint density at radius 1 is 1.38 bits per heavy atom. The molecule has 2 heterocycles. The molecule has 0 bridgehead atoms. The van der Waals surface area contributed by atoms with Crippen molar-refractivity contribution in [3.05, 3.63) is 35.2 Å². The Bertz CT molecular complexity index is 732. The molecule has 24 heavy (non-hydrogen) atoms. The number of rotatable bonds is 5. The van der Waals surface area contributed by atoms with Gasteiger partial charge >= 0.3 is 6.03 Å². The molecule has 0 spiro atoms. The van der Waals surface area contributed by atoms with E-state index in [9.17, 15) is 4.79 Å². The highest BCUT2D eigenvalue weighted by molar-refractivity contribution is 5.93. The largest absolute Gasteiger partial charge is 0.361 e. The molecule has 1 aromatic heterocycles. The molecule has 1 unspecified atom stereocenters. The van der Waals surface area contributed by atoms with Crippen LogP contribution in [0, 0.1) is 13.8 Å². The third kappa shape index (κ3) is 3.03. The molecular weight excluding hydrogens is 302 g/mol. The lowest BCUT2D eigenvalue weighted by atomic mass is 9.99. The minimum atomic E-state index is -0.0120. The highest BCUT2D eigenvalue weighted by Crippen LogP contribution is 2.33. The maximum Gasteiger partial charge on any atom is 0.322 e. The number of unbranched alkanes of at least 4 members (excludes halogenated alkanes) is 1. The summed E-state index contributed by atoms with van der Waals surface area (Å²) < 4.78 is 5.26. The highest BCUT2D eigenvalue weighted by atomic mass is 16.5. The maximum absolute atomic E-state index is 12.5. The zero-order valence-electron chi connectivity index (χ0n) is 14.8. The molecule has 0 fully saturated rings. The first-order valence-electron chi connectivity index (χ1n) is 8.65.